The second-order valence-corrected chi connectivity index (χ2v) is 4.71. The van der Waals surface area contributed by atoms with Crippen molar-refractivity contribution in [1.29, 1.82) is 0 Å². The lowest BCUT2D eigenvalue weighted by atomic mass is 9.98. The van der Waals surface area contributed by atoms with Crippen LogP contribution < -0.4 is 15.4 Å². The van der Waals surface area contributed by atoms with Crippen molar-refractivity contribution < 1.29 is 9.53 Å². The van der Waals surface area contributed by atoms with Gasteiger partial charge in [-0.15, -0.1) is 12.4 Å². The normalized spacial score (nSPS) is 18.3. The van der Waals surface area contributed by atoms with E-state index in [4.69, 9.17) is 4.74 Å². The average molecular weight is 285 g/mol. The lowest BCUT2D eigenvalue weighted by Gasteiger charge is -2.22. The predicted octanol–water partition coefficient (Wildman–Crippen LogP) is 2.36. The Hall–Kier alpha value is -1.26. The van der Waals surface area contributed by atoms with Gasteiger partial charge in [-0.25, -0.2) is 0 Å². The van der Waals surface area contributed by atoms with Crippen molar-refractivity contribution in [1.82, 2.24) is 5.32 Å². The maximum Gasteiger partial charge on any atom is 0.228 e. The van der Waals surface area contributed by atoms with Crippen molar-refractivity contribution >= 4 is 24.0 Å². The number of halogens is 1. The number of methoxy groups -OCH3 is 1. The Bertz CT molecular complexity index is 431. The van der Waals surface area contributed by atoms with E-state index in [0.29, 0.717) is 0 Å². The summed E-state index contributed by atoms with van der Waals surface area (Å²) in [6.45, 7) is 3.77. The molecular weight excluding hydrogens is 264 g/mol. The van der Waals surface area contributed by atoms with Crippen molar-refractivity contribution in [2.24, 2.45) is 5.92 Å². The first-order chi connectivity index (χ1) is 8.70. The van der Waals surface area contributed by atoms with E-state index >= 15 is 0 Å². The number of hydrogen-bond donors (Lipinski definition) is 2. The van der Waals surface area contributed by atoms with Gasteiger partial charge in [-0.1, -0.05) is 0 Å². The first-order valence-electron chi connectivity index (χ1n) is 6.37. The summed E-state index contributed by atoms with van der Waals surface area (Å²) in [4.78, 5) is 12.1. The molecule has 5 heteroatoms. The minimum absolute atomic E-state index is 0. The highest BCUT2D eigenvalue weighted by Gasteiger charge is 2.21. The largest absolute Gasteiger partial charge is 0.497 e. The monoisotopic (exact) mass is 284 g/mol. The SMILES string of the molecule is COc1ccc(NC(=O)[C@@H]2CCCNC2)c(C)c1.Cl. The van der Waals surface area contributed by atoms with Crippen molar-refractivity contribution in [3.8, 4) is 5.75 Å². The third-order valence-corrected chi connectivity index (χ3v) is 3.36. The van der Waals surface area contributed by atoms with Gasteiger partial charge < -0.3 is 15.4 Å². The van der Waals surface area contributed by atoms with Crippen LogP contribution in [-0.4, -0.2) is 26.1 Å². The molecule has 0 spiro atoms. The molecule has 106 valence electrons. The minimum Gasteiger partial charge on any atom is -0.497 e. The lowest BCUT2D eigenvalue weighted by Crippen LogP contribution is -2.37. The zero-order valence-electron chi connectivity index (χ0n) is 11.4. The summed E-state index contributed by atoms with van der Waals surface area (Å²) in [6.07, 6.45) is 2.04. The Kier molecular flexibility index (Phi) is 6.12. The maximum absolute atomic E-state index is 12.1. The summed E-state index contributed by atoms with van der Waals surface area (Å²) in [5.74, 6) is 1.00. The van der Waals surface area contributed by atoms with E-state index in [2.05, 4.69) is 10.6 Å². The molecule has 1 aliphatic heterocycles. The van der Waals surface area contributed by atoms with Crippen LogP contribution in [0.1, 0.15) is 18.4 Å². The Morgan fingerprint density at radius 2 is 2.26 bits per heavy atom. The Morgan fingerprint density at radius 1 is 1.47 bits per heavy atom. The summed E-state index contributed by atoms with van der Waals surface area (Å²) in [5, 5.41) is 6.25. The van der Waals surface area contributed by atoms with E-state index in [1.54, 1.807) is 7.11 Å². The molecule has 1 fully saturated rings. The van der Waals surface area contributed by atoms with E-state index in [1.807, 2.05) is 25.1 Å². The molecule has 1 amide bonds. The fourth-order valence-corrected chi connectivity index (χ4v) is 2.21. The second kappa shape index (κ2) is 7.36. The fraction of sp³-hybridized carbons (Fsp3) is 0.500. The van der Waals surface area contributed by atoms with Crippen LogP contribution >= 0.6 is 12.4 Å². The van der Waals surface area contributed by atoms with Crippen LogP contribution in [0.2, 0.25) is 0 Å². The van der Waals surface area contributed by atoms with Crippen LogP contribution in [-0.2, 0) is 4.79 Å². The Balaban J connectivity index is 0.00000180. The van der Waals surface area contributed by atoms with E-state index in [9.17, 15) is 4.79 Å². The number of nitrogens with one attached hydrogen (secondary N) is 2. The van der Waals surface area contributed by atoms with Gasteiger partial charge >= 0.3 is 0 Å². The number of rotatable bonds is 3. The summed E-state index contributed by atoms with van der Waals surface area (Å²) < 4.78 is 5.15. The van der Waals surface area contributed by atoms with E-state index < -0.39 is 0 Å². The number of ether oxygens (including phenoxy) is 1. The van der Waals surface area contributed by atoms with Crippen molar-refractivity contribution in [2.45, 2.75) is 19.8 Å². The van der Waals surface area contributed by atoms with Crippen molar-refractivity contribution in [2.75, 3.05) is 25.5 Å². The smallest absolute Gasteiger partial charge is 0.228 e. The average Bonchev–Trinajstić information content (AvgIpc) is 2.42. The van der Waals surface area contributed by atoms with Gasteiger partial charge in [0.25, 0.3) is 0 Å². The highest BCUT2D eigenvalue weighted by Crippen LogP contribution is 2.22. The first-order valence-corrected chi connectivity index (χ1v) is 6.37. The van der Waals surface area contributed by atoms with Gasteiger partial charge in [0.1, 0.15) is 5.75 Å². The van der Waals surface area contributed by atoms with Crippen LogP contribution in [0.5, 0.6) is 5.75 Å². The van der Waals surface area contributed by atoms with Crippen molar-refractivity contribution in [3.63, 3.8) is 0 Å². The molecule has 0 saturated carbocycles. The standard InChI is InChI=1S/C14H20N2O2.ClH/c1-10-8-12(18-2)5-6-13(10)16-14(17)11-4-3-7-15-9-11;/h5-6,8,11,15H,3-4,7,9H2,1-2H3,(H,16,17);1H/t11-;/m1./s1. The topological polar surface area (TPSA) is 50.4 Å². The zero-order chi connectivity index (χ0) is 13.0. The number of carbonyl (C=O) groups is 1. The van der Waals surface area contributed by atoms with Gasteiger partial charge in [-0.3, -0.25) is 4.79 Å². The molecule has 0 bridgehead atoms. The van der Waals surface area contributed by atoms with Crippen LogP contribution in [0.4, 0.5) is 5.69 Å². The number of aryl methyl sites for hydroxylation is 1. The number of benzene rings is 1. The molecule has 1 heterocycles. The quantitative estimate of drug-likeness (QED) is 0.896. The van der Waals surface area contributed by atoms with Gasteiger partial charge in [0, 0.05) is 12.2 Å². The van der Waals surface area contributed by atoms with Crippen LogP contribution in [0.15, 0.2) is 18.2 Å². The van der Waals surface area contributed by atoms with Crippen LogP contribution in [0, 0.1) is 12.8 Å². The summed E-state index contributed by atoms with van der Waals surface area (Å²) >= 11 is 0. The molecule has 0 radical (unpaired) electrons. The van der Waals surface area contributed by atoms with Gasteiger partial charge in [0.2, 0.25) is 5.91 Å². The highest BCUT2D eigenvalue weighted by molar-refractivity contribution is 5.93. The number of hydrogen-bond acceptors (Lipinski definition) is 3. The summed E-state index contributed by atoms with van der Waals surface area (Å²) in [5.41, 5.74) is 1.89. The molecular formula is C14H21ClN2O2. The third kappa shape index (κ3) is 4.11. The fourth-order valence-electron chi connectivity index (χ4n) is 2.21. The summed E-state index contributed by atoms with van der Waals surface area (Å²) in [7, 11) is 1.64. The van der Waals surface area contributed by atoms with E-state index in [1.165, 1.54) is 0 Å². The number of anilines is 1. The third-order valence-electron chi connectivity index (χ3n) is 3.36. The molecule has 19 heavy (non-hydrogen) atoms. The molecule has 4 nitrogen and oxygen atoms in total. The van der Waals surface area contributed by atoms with Crippen LogP contribution in [0.3, 0.4) is 0 Å². The van der Waals surface area contributed by atoms with Gasteiger partial charge in [0.05, 0.1) is 13.0 Å². The van der Waals surface area contributed by atoms with Gasteiger partial charge in [-0.05, 0) is 50.1 Å². The molecule has 0 aliphatic carbocycles. The minimum atomic E-state index is 0. The van der Waals surface area contributed by atoms with Gasteiger partial charge in [0.15, 0.2) is 0 Å². The van der Waals surface area contributed by atoms with Gasteiger partial charge in [-0.2, -0.15) is 0 Å². The molecule has 1 aromatic carbocycles. The summed E-state index contributed by atoms with van der Waals surface area (Å²) in [6, 6.07) is 5.68. The molecule has 0 aromatic heterocycles. The highest BCUT2D eigenvalue weighted by atomic mass is 35.5. The molecule has 1 aliphatic rings. The molecule has 2 N–H and O–H groups in total. The molecule has 1 aromatic rings. The maximum atomic E-state index is 12.1. The lowest BCUT2D eigenvalue weighted by molar-refractivity contribution is -0.120. The van der Waals surface area contributed by atoms with Crippen LogP contribution in [0.25, 0.3) is 0 Å². The number of piperidine rings is 1. The Labute approximate surface area is 120 Å². The number of amides is 1. The first kappa shape index (κ1) is 15.8. The molecule has 1 atom stereocenters. The Morgan fingerprint density at radius 3 is 2.84 bits per heavy atom. The second-order valence-electron chi connectivity index (χ2n) is 4.71. The van der Waals surface area contributed by atoms with E-state index in [0.717, 1.165) is 42.9 Å². The van der Waals surface area contributed by atoms with E-state index in [-0.39, 0.29) is 24.2 Å². The molecule has 2 rings (SSSR count). The van der Waals surface area contributed by atoms with Crippen molar-refractivity contribution in [3.05, 3.63) is 23.8 Å². The zero-order valence-corrected chi connectivity index (χ0v) is 12.2. The molecule has 1 saturated heterocycles. The molecule has 0 unspecified atom stereocenters. The number of carbonyl (C=O) groups excluding carboxylic acids is 1. The predicted molar refractivity (Wildman–Crippen MR) is 79.2 cm³/mol.